The third kappa shape index (κ3) is 2.66. The van der Waals surface area contributed by atoms with Gasteiger partial charge in [-0.05, 0) is 6.42 Å². The van der Waals surface area contributed by atoms with Gasteiger partial charge in [-0.25, -0.2) is 0 Å². The maximum atomic E-state index is 9.34. The molecule has 84 valence electrons. The lowest BCUT2D eigenvalue weighted by atomic mass is 10.1. The van der Waals surface area contributed by atoms with E-state index in [1.165, 1.54) is 6.08 Å². The van der Waals surface area contributed by atoms with Crippen molar-refractivity contribution in [3.8, 4) is 0 Å². The molecule has 4 heteroatoms. The van der Waals surface area contributed by atoms with Crippen LogP contribution in [0.15, 0.2) is 24.8 Å². The van der Waals surface area contributed by atoms with Crippen LogP contribution in [0.3, 0.4) is 0 Å². The van der Waals surface area contributed by atoms with Crippen LogP contribution in [0, 0.1) is 0 Å². The average molecular weight is 212 g/mol. The predicted octanol–water partition coefficient (Wildman–Crippen LogP) is 0.00670. The van der Waals surface area contributed by atoms with E-state index >= 15 is 0 Å². The average Bonchev–Trinajstić information content (AvgIpc) is 3.09. The van der Waals surface area contributed by atoms with Crippen molar-refractivity contribution in [2.75, 3.05) is 6.61 Å². The zero-order valence-corrected chi connectivity index (χ0v) is 8.45. The van der Waals surface area contributed by atoms with E-state index in [4.69, 9.17) is 14.6 Å². The maximum absolute atomic E-state index is 9.34. The van der Waals surface area contributed by atoms with Crippen LogP contribution in [0.4, 0.5) is 0 Å². The second-order valence-electron chi connectivity index (χ2n) is 3.83. The van der Waals surface area contributed by atoms with Crippen molar-refractivity contribution < 1.29 is 19.7 Å². The highest BCUT2D eigenvalue weighted by Crippen LogP contribution is 2.30. The van der Waals surface area contributed by atoms with Gasteiger partial charge in [0.05, 0.1) is 6.10 Å². The molecule has 2 heterocycles. The van der Waals surface area contributed by atoms with Crippen molar-refractivity contribution in [2.45, 2.75) is 36.9 Å². The van der Waals surface area contributed by atoms with E-state index in [-0.39, 0.29) is 31.0 Å². The van der Waals surface area contributed by atoms with Gasteiger partial charge in [-0.15, -0.1) is 6.58 Å². The molecule has 2 rings (SSSR count). The topological polar surface area (TPSA) is 65.5 Å². The molecule has 2 N–H and O–H groups in total. The van der Waals surface area contributed by atoms with E-state index in [1.54, 1.807) is 0 Å². The second kappa shape index (κ2) is 4.45. The summed E-state index contributed by atoms with van der Waals surface area (Å²) in [6, 6.07) is 0. The summed E-state index contributed by atoms with van der Waals surface area (Å²) in [4.78, 5) is 0. The predicted molar refractivity (Wildman–Crippen MR) is 54.4 cm³/mol. The molecule has 0 spiro atoms. The Bertz CT molecular complexity index is 263. The molecule has 5 atom stereocenters. The Morgan fingerprint density at radius 3 is 2.67 bits per heavy atom. The summed E-state index contributed by atoms with van der Waals surface area (Å²) < 4.78 is 10.5. The fourth-order valence-electron chi connectivity index (χ4n) is 1.60. The highest BCUT2D eigenvalue weighted by atomic mass is 16.6. The molecule has 2 aliphatic rings. The fourth-order valence-corrected chi connectivity index (χ4v) is 1.60. The Balaban J connectivity index is 1.67. The Morgan fingerprint density at radius 1 is 1.27 bits per heavy atom. The summed E-state index contributed by atoms with van der Waals surface area (Å²) in [7, 11) is 0. The number of hydrogen-bond donors (Lipinski definition) is 2. The van der Waals surface area contributed by atoms with Gasteiger partial charge in [-0.1, -0.05) is 18.2 Å². The third-order valence-corrected chi connectivity index (χ3v) is 2.67. The molecule has 0 bridgehead atoms. The van der Waals surface area contributed by atoms with Crippen molar-refractivity contribution in [3.63, 3.8) is 0 Å². The van der Waals surface area contributed by atoms with Crippen molar-refractivity contribution in [2.24, 2.45) is 0 Å². The first-order chi connectivity index (χ1) is 7.26. The first-order valence-electron chi connectivity index (χ1n) is 5.17. The van der Waals surface area contributed by atoms with E-state index in [2.05, 4.69) is 6.58 Å². The summed E-state index contributed by atoms with van der Waals surface area (Å²) in [5, 5.41) is 18.0. The Kier molecular flexibility index (Phi) is 3.21. The Labute approximate surface area is 88.8 Å². The summed E-state index contributed by atoms with van der Waals surface area (Å²) in [5.41, 5.74) is 0. The van der Waals surface area contributed by atoms with E-state index in [0.29, 0.717) is 6.42 Å². The number of hydrogen-bond acceptors (Lipinski definition) is 4. The quantitative estimate of drug-likeness (QED) is 0.480. The second-order valence-corrected chi connectivity index (χ2v) is 3.83. The number of aliphatic hydroxyl groups is 2. The number of rotatable bonds is 6. The zero-order valence-electron chi connectivity index (χ0n) is 8.45. The molecular formula is C11H16O4. The molecular weight excluding hydrogens is 196 g/mol. The molecule has 0 radical (unpaired) electrons. The van der Waals surface area contributed by atoms with Gasteiger partial charge >= 0.3 is 0 Å². The molecule has 0 aromatic rings. The van der Waals surface area contributed by atoms with Gasteiger partial charge in [-0.2, -0.15) is 0 Å². The van der Waals surface area contributed by atoms with Crippen LogP contribution in [-0.4, -0.2) is 47.3 Å². The standard InChI is InChI=1S/C11H16O4/c1-2-7(13)11-10(15-11)4-3-8-9(14-8)5-6-12/h2-4,7-13H,1,5-6H2/b4-3+/t7-,8+,9+,10+,11+/m1/s1. The van der Waals surface area contributed by atoms with Crippen molar-refractivity contribution in [3.05, 3.63) is 24.8 Å². The largest absolute Gasteiger partial charge is 0.396 e. The van der Waals surface area contributed by atoms with Crippen LogP contribution in [0.2, 0.25) is 0 Å². The van der Waals surface area contributed by atoms with E-state index in [1.807, 2.05) is 12.2 Å². The first kappa shape index (κ1) is 10.8. The molecule has 15 heavy (non-hydrogen) atoms. The lowest BCUT2D eigenvalue weighted by Crippen LogP contribution is -2.12. The molecule has 0 aliphatic carbocycles. The lowest BCUT2D eigenvalue weighted by Gasteiger charge is -1.95. The normalized spacial score (nSPS) is 40.4. The SMILES string of the molecule is C=C[C@@H](O)[C@@H]1O[C@H]1/C=C/[C@@H]1O[C@H]1CCO. The molecule has 0 aromatic heterocycles. The Hall–Kier alpha value is -0.680. The smallest absolute Gasteiger partial charge is 0.118 e. The summed E-state index contributed by atoms with van der Waals surface area (Å²) in [5.74, 6) is 0. The number of epoxide rings is 2. The monoisotopic (exact) mass is 212 g/mol. The zero-order chi connectivity index (χ0) is 10.8. The molecule has 2 aliphatic heterocycles. The molecule has 0 saturated carbocycles. The highest BCUT2D eigenvalue weighted by molar-refractivity contribution is 5.13. The van der Waals surface area contributed by atoms with Crippen LogP contribution in [-0.2, 0) is 9.47 Å². The van der Waals surface area contributed by atoms with Crippen LogP contribution < -0.4 is 0 Å². The van der Waals surface area contributed by atoms with E-state index in [0.717, 1.165) is 0 Å². The minimum absolute atomic E-state index is 0.0167. The maximum Gasteiger partial charge on any atom is 0.118 e. The van der Waals surface area contributed by atoms with Gasteiger partial charge in [-0.3, -0.25) is 0 Å². The molecule has 2 saturated heterocycles. The van der Waals surface area contributed by atoms with Gasteiger partial charge in [0.15, 0.2) is 0 Å². The van der Waals surface area contributed by atoms with Crippen molar-refractivity contribution in [1.29, 1.82) is 0 Å². The summed E-state index contributed by atoms with van der Waals surface area (Å²) in [6.45, 7) is 3.65. The summed E-state index contributed by atoms with van der Waals surface area (Å²) in [6.07, 6.45) is 5.51. The summed E-state index contributed by atoms with van der Waals surface area (Å²) >= 11 is 0. The van der Waals surface area contributed by atoms with E-state index in [9.17, 15) is 5.11 Å². The van der Waals surface area contributed by atoms with E-state index < -0.39 is 6.10 Å². The van der Waals surface area contributed by atoms with Crippen LogP contribution in [0.1, 0.15) is 6.42 Å². The lowest BCUT2D eigenvalue weighted by molar-refractivity contribution is 0.178. The minimum atomic E-state index is -0.590. The number of ether oxygens (including phenoxy) is 2. The van der Waals surface area contributed by atoms with Gasteiger partial charge in [0.2, 0.25) is 0 Å². The van der Waals surface area contributed by atoms with Crippen molar-refractivity contribution >= 4 is 0 Å². The fraction of sp³-hybridized carbons (Fsp3) is 0.636. The molecule has 2 fully saturated rings. The van der Waals surface area contributed by atoms with Gasteiger partial charge in [0, 0.05) is 6.61 Å². The number of aliphatic hydroxyl groups excluding tert-OH is 2. The van der Waals surface area contributed by atoms with Gasteiger partial charge in [0.25, 0.3) is 0 Å². The third-order valence-electron chi connectivity index (χ3n) is 2.67. The van der Waals surface area contributed by atoms with Crippen LogP contribution >= 0.6 is 0 Å². The molecule has 0 unspecified atom stereocenters. The minimum Gasteiger partial charge on any atom is -0.396 e. The Morgan fingerprint density at radius 2 is 2.00 bits per heavy atom. The first-order valence-corrected chi connectivity index (χ1v) is 5.17. The van der Waals surface area contributed by atoms with Crippen molar-refractivity contribution in [1.82, 2.24) is 0 Å². The molecule has 4 nitrogen and oxygen atoms in total. The molecule has 0 aromatic carbocycles. The highest BCUT2D eigenvalue weighted by Gasteiger charge is 2.42. The van der Waals surface area contributed by atoms with Gasteiger partial charge in [0.1, 0.15) is 24.4 Å². The molecule has 0 amide bonds. The van der Waals surface area contributed by atoms with Crippen LogP contribution in [0.5, 0.6) is 0 Å². The van der Waals surface area contributed by atoms with Gasteiger partial charge < -0.3 is 19.7 Å². The van der Waals surface area contributed by atoms with Crippen LogP contribution in [0.25, 0.3) is 0 Å².